The van der Waals surface area contributed by atoms with Crippen molar-refractivity contribution in [3.8, 4) is 0 Å². The van der Waals surface area contributed by atoms with Crippen molar-refractivity contribution in [2.24, 2.45) is 0 Å². The fourth-order valence-electron chi connectivity index (χ4n) is 2.34. The number of carbonyl (C=O) groups is 1. The van der Waals surface area contributed by atoms with E-state index in [0.29, 0.717) is 10.6 Å². The van der Waals surface area contributed by atoms with Crippen LogP contribution in [0.1, 0.15) is 46.5 Å². The summed E-state index contributed by atoms with van der Waals surface area (Å²) in [6, 6.07) is 11.4. The van der Waals surface area contributed by atoms with Crippen LogP contribution in [-0.2, 0) is 12.8 Å². The van der Waals surface area contributed by atoms with Crippen molar-refractivity contribution in [1.82, 2.24) is 0 Å². The van der Waals surface area contributed by atoms with Gasteiger partial charge in [-0.3, -0.25) is 4.79 Å². The molecule has 0 saturated carbocycles. The summed E-state index contributed by atoms with van der Waals surface area (Å²) in [4.78, 5) is 12.5. The Bertz CT molecular complexity index is 644. The van der Waals surface area contributed by atoms with Gasteiger partial charge in [-0.05, 0) is 48.6 Å². The molecule has 0 fully saturated rings. The fourth-order valence-corrected chi connectivity index (χ4v) is 2.52. The lowest BCUT2D eigenvalue weighted by Crippen LogP contribution is -2.03. The Labute approximate surface area is 125 Å². The minimum atomic E-state index is 0.0317. The van der Waals surface area contributed by atoms with Crippen molar-refractivity contribution < 1.29 is 4.79 Å². The lowest BCUT2D eigenvalue weighted by Gasteiger charge is -2.09. The Morgan fingerprint density at radius 2 is 1.55 bits per heavy atom. The Morgan fingerprint density at radius 1 is 0.950 bits per heavy atom. The number of rotatable bonds is 4. The van der Waals surface area contributed by atoms with Crippen molar-refractivity contribution in [2.45, 2.75) is 33.6 Å². The van der Waals surface area contributed by atoms with Crippen molar-refractivity contribution in [3.05, 3.63) is 69.2 Å². The van der Waals surface area contributed by atoms with Gasteiger partial charge in [0.15, 0.2) is 5.78 Å². The largest absolute Gasteiger partial charge is 0.289 e. The minimum absolute atomic E-state index is 0.0317. The van der Waals surface area contributed by atoms with E-state index in [0.717, 1.165) is 24.0 Å². The smallest absolute Gasteiger partial charge is 0.193 e. The van der Waals surface area contributed by atoms with Gasteiger partial charge in [0, 0.05) is 16.1 Å². The molecule has 1 nitrogen and oxygen atoms in total. The second-order valence-electron chi connectivity index (χ2n) is 4.98. The standard InChI is InChI=1S/C18H19ClO/c1-4-13-8-9-15(10-14(13)5-2)18(20)16-7-6-12(3)17(19)11-16/h6-11H,4-5H2,1-3H3. The summed E-state index contributed by atoms with van der Waals surface area (Å²) in [5.74, 6) is 0.0317. The van der Waals surface area contributed by atoms with Gasteiger partial charge in [0.2, 0.25) is 0 Å². The van der Waals surface area contributed by atoms with Crippen LogP contribution >= 0.6 is 11.6 Å². The molecule has 0 aromatic heterocycles. The van der Waals surface area contributed by atoms with Crippen LogP contribution in [0.4, 0.5) is 0 Å². The molecular weight excluding hydrogens is 268 g/mol. The van der Waals surface area contributed by atoms with Gasteiger partial charge in [-0.15, -0.1) is 0 Å². The van der Waals surface area contributed by atoms with Crippen molar-refractivity contribution in [3.63, 3.8) is 0 Å². The summed E-state index contributed by atoms with van der Waals surface area (Å²) in [5.41, 5.74) is 4.92. The van der Waals surface area contributed by atoms with Crippen LogP contribution in [0.25, 0.3) is 0 Å². The molecule has 0 bridgehead atoms. The Hall–Kier alpha value is -1.60. The molecule has 104 valence electrons. The van der Waals surface area contributed by atoms with E-state index in [2.05, 4.69) is 19.9 Å². The minimum Gasteiger partial charge on any atom is -0.289 e. The van der Waals surface area contributed by atoms with Gasteiger partial charge < -0.3 is 0 Å². The summed E-state index contributed by atoms with van der Waals surface area (Å²) in [7, 11) is 0. The quantitative estimate of drug-likeness (QED) is 0.723. The van der Waals surface area contributed by atoms with Crippen LogP contribution in [0.3, 0.4) is 0 Å². The molecule has 0 aliphatic heterocycles. The van der Waals surface area contributed by atoms with Gasteiger partial charge in [-0.1, -0.05) is 49.7 Å². The zero-order chi connectivity index (χ0) is 14.7. The zero-order valence-corrected chi connectivity index (χ0v) is 12.9. The van der Waals surface area contributed by atoms with E-state index in [9.17, 15) is 4.79 Å². The number of hydrogen-bond donors (Lipinski definition) is 0. The molecule has 0 unspecified atom stereocenters. The summed E-state index contributed by atoms with van der Waals surface area (Å²) in [6.45, 7) is 6.18. The van der Waals surface area contributed by atoms with Gasteiger partial charge in [0.25, 0.3) is 0 Å². The van der Waals surface area contributed by atoms with Crippen LogP contribution in [0.2, 0.25) is 5.02 Å². The van der Waals surface area contributed by atoms with E-state index in [4.69, 9.17) is 11.6 Å². The molecule has 0 saturated heterocycles. The second-order valence-corrected chi connectivity index (χ2v) is 5.39. The second kappa shape index (κ2) is 6.23. The van der Waals surface area contributed by atoms with Crippen LogP contribution in [0.15, 0.2) is 36.4 Å². The van der Waals surface area contributed by atoms with Crippen molar-refractivity contribution in [2.75, 3.05) is 0 Å². The molecule has 20 heavy (non-hydrogen) atoms. The summed E-state index contributed by atoms with van der Waals surface area (Å²) in [6.07, 6.45) is 1.94. The monoisotopic (exact) mass is 286 g/mol. The molecule has 2 aromatic rings. The predicted molar refractivity (Wildman–Crippen MR) is 84.8 cm³/mol. The maximum absolute atomic E-state index is 12.5. The summed E-state index contributed by atoms with van der Waals surface area (Å²) >= 11 is 6.10. The third-order valence-electron chi connectivity index (χ3n) is 3.66. The number of benzene rings is 2. The molecule has 0 heterocycles. The highest BCUT2D eigenvalue weighted by molar-refractivity contribution is 6.31. The molecule has 0 N–H and O–H groups in total. The zero-order valence-electron chi connectivity index (χ0n) is 12.2. The third kappa shape index (κ3) is 2.94. The van der Waals surface area contributed by atoms with E-state index in [1.807, 2.05) is 31.2 Å². The number of hydrogen-bond acceptors (Lipinski definition) is 1. The van der Waals surface area contributed by atoms with E-state index >= 15 is 0 Å². The first-order valence-corrected chi connectivity index (χ1v) is 7.37. The molecule has 2 rings (SSSR count). The molecule has 2 aromatic carbocycles. The van der Waals surface area contributed by atoms with Gasteiger partial charge in [-0.25, -0.2) is 0 Å². The van der Waals surface area contributed by atoms with Crippen molar-refractivity contribution in [1.29, 1.82) is 0 Å². The molecule has 0 radical (unpaired) electrons. The molecule has 0 atom stereocenters. The Kier molecular flexibility index (Phi) is 4.61. The van der Waals surface area contributed by atoms with Gasteiger partial charge in [-0.2, -0.15) is 0 Å². The van der Waals surface area contributed by atoms with E-state index in [-0.39, 0.29) is 5.78 Å². The fraction of sp³-hybridized carbons (Fsp3) is 0.278. The van der Waals surface area contributed by atoms with Gasteiger partial charge >= 0.3 is 0 Å². The first-order chi connectivity index (χ1) is 9.56. The first-order valence-electron chi connectivity index (χ1n) is 6.99. The third-order valence-corrected chi connectivity index (χ3v) is 4.07. The van der Waals surface area contributed by atoms with Crippen LogP contribution in [0.5, 0.6) is 0 Å². The number of halogens is 1. The molecular formula is C18H19ClO. The van der Waals surface area contributed by atoms with E-state index < -0.39 is 0 Å². The number of aryl methyl sites for hydroxylation is 3. The average molecular weight is 287 g/mol. The highest BCUT2D eigenvalue weighted by Crippen LogP contribution is 2.21. The van der Waals surface area contributed by atoms with Crippen LogP contribution < -0.4 is 0 Å². The average Bonchev–Trinajstić information content (AvgIpc) is 2.48. The molecule has 2 heteroatoms. The number of ketones is 1. The SMILES string of the molecule is CCc1ccc(C(=O)c2ccc(C)c(Cl)c2)cc1CC. The van der Waals surface area contributed by atoms with Gasteiger partial charge in [0.1, 0.15) is 0 Å². The van der Waals surface area contributed by atoms with E-state index in [1.54, 1.807) is 6.07 Å². The van der Waals surface area contributed by atoms with Crippen LogP contribution in [0, 0.1) is 6.92 Å². The van der Waals surface area contributed by atoms with Gasteiger partial charge in [0.05, 0.1) is 0 Å². The number of carbonyl (C=O) groups excluding carboxylic acids is 1. The molecule has 0 amide bonds. The normalized spacial score (nSPS) is 10.6. The molecule has 0 aliphatic carbocycles. The lowest BCUT2D eigenvalue weighted by atomic mass is 9.95. The predicted octanol–water partition coefficient (Wildman–Crippen LogP) is 5.00. The van der Waals surface area contributed by atoms with Crippen LogP contribution in [-0.4, -0.2) is 5.78 Å². The summed E-state index contributed by atoms with van der Waals surface area (Å²) < 4.78 is 0. The maximum Gasteiger partial charge on any atom is 0.193 e. The summed E-state index contributed by atoms with van der Waals surface area (Å²) in [5, 5.41) is 0.636. The Balaban J connectivity index is 2.40. The first kappa shape index (κ1) is 14.8. The van der Waals surface area contributed by atoms with E-state index in [1.165, 1.54) is 11.1 Å². The molecule has 0 aliphatic rings. The maximum atomic E-state index is 12.5. The molecule has 0 spiro atoms. The highest BCUT2D eigenvalue weighted by atomic mass is 35.5. The Morgan fingerprint density at radius 3 is 2.15 bits per heavy atom. The van der Waals surface area contributed by atoms with Crippen molar-refractivity contribution >= 4 is 17.4 Å². The highest BCUT2D eigenvalue weighted by Gasteiger charge is 2.12. The topological polar surface area (TPSA) is 17.1 Å². The lowest BCUT2D eigenvalue weighted by molar-refractivity contribution is 0.103.